The van der Waals surface area contributed by atoms with Gasteiger partial charge in [-0.1, -0.05) is 17.7 Å². The molecule has 100 valence electrons. The Kier molecular flexibility index (Phi) is 2.95. The molecular weight excluding hydrogens is 259 g/mol. The normalized spacial score (nSPS) is 10.7. The van der Waals surface area contributed by atoms with Gasteiger partial charge >= 0.3 is 11.3 Å². The maximum Gasteiger partial charge on any atom is 0.435 e. The van der Waals surface area contributed by atoms with Gasteiger partial charge in [-0.3, -0.25) is 4.52 Å². The van der Waals surface area contributed by atoms with Crippen molar-refractivity contribution in [3.63, 3.8) is 0 Å². The highest BCUT2D eigenvalue weighted by atomic mass is 19.1. The van der Waals surface area contributed by atoms with Crippen LogP contribution >= 0.6 is 0 Å². The number of aromatic amines is 1. The molecule has 2 aromatic carbocycles. The van der Waals surface area contributed by atoms with E-state index in [2.05, 4.69) is 5.27 Å². The monoisotopic (exact) mass is 271 g/mol. The van der Waals surface area contributed by atoms with Gasteiger partial charge in [0.15, 0.2) is 0 Å². The molecular formula is C15H12FN2O2+. The van der Waals surface area contributed by atoms with E-state index in [1.807, 2.05) is 31.2 Å². The Morgan fingerprint density at radius 2 is 1.70 bits per heavy atom. The lowest BCUT2D eigenvalue weighted by Gasteiger charge is -1.96. The Morgan fingerprint density at radius 3 is 2.35 bits per heavy atom. The van der Waals surface area contributed by atoms with Gasteiger partial charge in [-0.05, 0) is 41.1 Å². The molecule has 3 rings (SSSR count). The van der Waals surface area contributed by atoms with Crippen LogP contribution < -0.4 is 10.3 Å². The molecule has 0 bridgehead atoms. The number of nitrogens with zero attached hydrogens (tertiary/aromatic N) is 1. The van der Waals surface area contributed by atoms with Gasteiger partial charge in [0, 0.05) is 12.1 Å². The molecule has 0 amide bonds. The van der Waals surface area contributed by atoms with Crippen LogP contribution in [0.25, 0.3) is 16.9 Å². The second-order valence-corrected chi connectivity index (χ2v) is 4.51. The summed E-state index contributed by atoms with van der Waals surface area (Å²) in [4.78, 5) is 11.9. The molecule has 0 fully saturated rings. The highest BCUT2D eigenvalue weighted by Crippen LogP contribution is 2.14. The topological polar surface area (TPSA) is 49.9 Å². The van der Waals surface area contributed by atoms with Crippen molar-refractivity contribution in [2.45, 2.75) is 6.92 Å². The quantitative estimate of drug-likeness (QED) is 0.727. The van der Waals surface area contributed by atoms with E-state index < -0.39 is 5.63 Å². The lowest BCUT2D eigenvalue weighted by atomic mass is 10.1. The Balaban J connectivity index is 2.17. The average molecular weight is 271 g/mol. The fourth-order valence-electron chi connectivity index (χ4n) is 2.00. The van der Waals surface area contributed by atoms with E-state index in [9.17, 15) is 9.18 Å². The van der Waals surface area contributed by atoms with Crippen molar-refractivity contribution in [3.8, 4) is 16.9 Å². The van der Waals surface area contributed by atoms with Crippen molar-refractivity contribution in [2.24, 2.45) is 0 Å². The van der Waals surface area contributed by atoms with Crippen LogP contribution in [0.5, 0.6) is 0 Å². The Labute approximate surface area is 114 Å². The summed E-state index contributed by atoms with van der Waals surface area (Å²) < 4.78 is 19.3. The van der Waals surface area contributed by atoms with Crippen molar-refractivity contribution in [1.29, 1.82) is 0 Å². The van der Waals surface area contributed by atoms with Crippen molar-refractivity contribution >= 4 is 0 Å². The minimum Gasteiger partial charge on any atom is -0.282 e. The summed E-state index contributed by atoms with van der Waals surface area (Å²) in [5.41, 5.74) is 2.35. The fourth-order valence-corrected chi connectivity index (χ4v) is 2.00. The lowest BCUT2D eigenvalue weighted by Crippen LogP contribution is -2.36. The van der Waals surface area contributed by atoms with Gasteiger partial charge in [-0.15, -0.1) is 0 Å². The second kappa shape index (κ2) is 4.77. The van der Waals surface area contributed by atoms with Crippen LogP contribution in [0.4, 0.5) is 4.39 Å². The van der Waals surface area contributed by atoms with E-state index in [1.54, 1.807) is 12.1 Å². The van der Waals surface area contributed by atoms with E-state index >= 15 is 0 Å². The van der Waals surface area contributed by atoms with Gasteiger partial charge in [0.25, 0.3) is 0 Å². The minimum atomic E-state index is -0.474. The van der Waals surface area contributed by atoms with E-state index in [0.717, 1.165) is 11.1 Å². The third kappa shape index (κ3) is 2.14. The second-order valence-electron chi connectivity index (χ2n) is 4.51. The SMILES string of the molecule is Cc1ccc(-c2c(=O)o[nH][n+]2-c2ccc(F)cc2)cc1. The van der Waals surface area contributed by atoms with Crippen LogP contribution in [0.1, 0.15) is 5.56 Å². The van der Waals surface area contributed by atoms with Crippen molar-refractivity contribution in [1.82, 2.24) is 5.27 Å². The van der Waals surface area contributed by atoms with Gasteiger partial charge in [0.1, 0.15) is 5.82 Å². The van der Waals surface area contributed by atoms with Crippen LogP contribution in [0.3, 0.4) is 0 Å². The number of hydrogen-bond donors (Lipinski definition) is 1. The summed E-state index contributed by atoms with van der Waals surface area (Å²) in [5.74, 6) is -0.336. The molecule has 0 atom stereocenters. The van der Waals surface area contributed by atoms with Gasteiger partial charge < -0.3 is 0 Å². The zero-order valence-corrected chi connectivity index (χ0v) is 10.8. The predicted octanol–water partition coefficient (Wildman–Crippen LogP) is 2.36. The molecule has 20 heavy (non-hydrogen) atoms. The van der Waals surface area contributed by atoms with Gasteiger partial charge in [0.05, 0.1) is 5.56 Å². The number of nitrogens with one attached hydrogen (secondary N) is 1. The third-order valence-electron chi connectivity index (χ3n) is 3.06. The molecule has 0 spiro atoms. The molecule has 5 heteroatoms. The van der Waals surface area contributed by atoms with Gasteiger partial charge in [0.2, 0.25) is 5.69 Å². The molecule has 0 aliphatic rings. The highest BCUT2D eigenvalue weighted by Gasteiger charge is 2.24. The average Bonchev–Trinajstić information content (AvgIpc) is 2.83. The number of H-pyrrole nitrogens is 1. The fraction of sp³-hybridized carbons (Fsp3) is 0.0667. The van der Waals surface area contributed by atoms with E-state index in [-0.39, 0.29) is 5.82 Å². The molecule has 0 saturated heterocycles. The molecule has 0 aliphatic carbocycles. The molecule has 1 aromatic heterocycles. The first-order valence-corrected chi connectivity index (χ1v) is 6.11. The van der Waals surface area contributed by atoms with Crippen molar-refractivity contribution in [2.75, 3.05) is 0 Å². The highest BCUT2D eigenvalue weighted by molar-refractivity contribution is 5.55. The molecule has 0 saturated carbocycles. The smallest absolute Gasteiger partial charge is 0.282 e. The van der Waals surface area contributed by atoms with Crippen LogP contribution in [0.15, 0.2) is 57.8 Å². The van der Waals surface area contributed by atoms with Crippen LogP contribution in [-0.4, -0.2) is 5.27 Å². The largest absolute Gasteiger partial charge is 0.435 e. The zero-order chi connectivity index (χ0) is 14.1. The number of benzene rings is 2. The van der Waals surface area contributed by atoms with Gasteiger partial charge in [-0.2, -0.15) is 0 Å². The number of rotatable bonds is 2. The summed E-state index contributed by atoms with van der Waals surface area (Å²) in [5, 5.41) is 2.53. The minimum absolute atomic E-state index is 0.336. The van der Waals surface area contributed by atoms with Crippen molar-refractivity contribution in [3.05, 3.63) is 70.3 Å². The zero-order valence-electron chi connectivity index (χ0n) is 10.8. The molecule has 1 N–H and O–H groups in total. The first kappa shape index (κ1) is 12.3. The summed E-state index contributed by atoms with van der Waals surface area (Å²) in [7, 11) is 0. The molecule has 4 nitrogen and oxygen atoms in total. The first-order chi connectivity index (χ1) is 9.65. The summed E-state index contributed by atoms with van der Waals surface area (Å²) >= 11 is 0. The summed E-state index contributed by atoms with van der Waals surface area (Å²) in [6.07, 6.45) is 0. The van der Waals surface area contributed by atoms with Crippen LogP contribution in [0, 0.1) is 12.7 Å². The Morgan fingerprint density at radius 1 is 1.05 bits per heavy atom. The Hall–Kier alpha value is -2.69. The van der Waals surface area contributed by atoms with Crippen LogP contribution in [0.2, 0.25) is 0 Å². The third-order valence-corrected chi connectivity index (χ3v) is 3.06. The maximum absolute atomic E-state index is 13.0. The van der Waals surface area contributed by atoms with Gasteiger partial charge in [-0.25, -0.2) is 9.18 Å². The standard InChI is InChI=1S/C15H11FN2O2/c1-10-2-4-11(5-3-10)14-15(19)20-17-18(14)13-8-6-12(16)7-9-13/h2-9H,1H3/p+1. The number of hydrogen-bond acceptors (Lipinski definition) is 2. The summed E-state index contributed by atoms with van der Waals surface area (Å²) in [6, 6.07) is 13.3. The van der Waals surface area contributed by atoms with Crippen molar-refractivity contribution < 1.29 is 13.6 Å². The number of aryl methyl sites for hydroxylation is 1. The molecule has 3 aromatic rings. The number of aromatic nitrogens is 2. The van der Waals surface area contributed by atoms with E-state index in [4.69, 9.17) is 4.52 Å². The van der Waals surface area contributed by atoms with E-state index in [1.165, 1.54) is 16.8 Å². The molecule has 0 unspecified atom stereocenters. The predicted molar refractivity (Wildman–Crippen MR) is 71.0 cm³/mol. The first-order valence-electron chi connectivity index (χ1n) is 6.11. The summed E-state index contributed by atoms with van der Waals surface area (Å²) in [6.45, 7) is 1.97. The van der Waals surface area contributed by atoms with E-state index in [0.29, 0.717) is 11.4 Å². The van der Waals surface area contributed by atoms with Crippen LogP contribution in [-0.2, 0) is 0 Å². The molecule has 0 aliphatic heterocycles. The Bertz CT molecular complexity index is 786. The molecule has 1 heterocycles. The lowest BCUT2D eigenvalue weighted by molar-refractivity contribution is -0.660. The maximum atomic E-state index is 13.0. The molecule has 0 radical (unpaired) electrons. The number of halogens is 1.